The summed E-state index contributed by atoms with van der Waals surface area (Å²) in [6, 6.07) is 7.52. The van der Waals surface area contributed by atoms with Crippen molar-refractivity contribution in [3.8, 4) is 0 Å². The topological polar surface area (TPSA) is 111 Å². The molecule has 1 aliphatic rings. The molecule has 170 valence electrons. The van der Waals surface area contributed by atoms with Crippen molar-refractivity contribution >= 4 is 23.9 Å². The summed E-state index contributed by atoms with van der Waals surface area (Å²) in [6.45, 7) is 7.00. The number of rotatable bonds is 7. The zero-order valence-electron chi connectivity index (χ0n) is 18.4. The van der Waals surface area contributed by atoms with E-state index in [1.807, 2.05) is 6.07 Å². The van der Waals surface area contributed by atoms with Crippen LogP contribution in [0.4, 0.5) is 4.79 Å². The van der Waals surface area contributed by atoms with Crippen molar-refractivity contribution in [3.05, 3.63) is 35.9 Å². The lowest BCUT2D eigenvalue weighted by atomic mass is 10.1. The standard InChI is InChI=1S/C22H30N2O7/c1-15(25)30-18(20(27)31-22(2,3)4)17(19(26)24-12-8-9-13-24)23-21(28)29-14-16-10-6-5-7-11-16/h5-7,10-11,17-18H,8-9,12-14H2,1-4H3,(H,23,28)/t17-,18-/m1/s1. The second-order valence-electron chi connectivity index (χ2n) is 8.28. The lowest BCUT2D eigenvalue weighted by Gasteiger charge is -2.30. The number of ether oxygens (including phenoxy) is 3. The third-order valence-corrected chi connectivity index (χ3v) is 4.40. The van der Waals surface area contributed by atoms with E-state index in [9.17, 15) is 19.2 Å². The van der Waals surface area contributed by atoms with Crippen LogP contribution < -0.4 is 5.32 Å². The monoisotopic (exact) mass is 434 g/mol. The molecule has 9 nitrogen and oxygen atoms in total. The van der Waals surface area contributed by atoms with Crippen LogP contribution in [-0.4, -0.2) is 59.7 Å². The lowest BCUT2D eigenvalue weighted by Crippen LogP contribution is -2.58. The van der Waals surface area contributed by atoms with Crippen molar-refractivity contribution < 1.29 is 33.4 Å². The molecule has 2 atom stereocenters. The van der Waals surface area contributed by atoms with E-state index in [0.29, 0.717) is 13.1 Å². The minimum atomic E-state index is -1.64. The first kappa shape index (κ1) is 24.2. The van der Waals surface area contributed by atoms with Gasteiger partial charge in [-0.05, 0) is 39.2 Å². The predicted octanol–water partition coefficient (Wildman–Crippen LogP) is 2.18. The fraction of sp³-hybridized carbons (Fsp3) is 0.545. The Morgan fingerprint density at radius 3 is 2.23 bits per heavy atom. The van der Waals surface area contributed by atoms with Crippen LogP contribution >= 0.6 is 0 Å². The van der Waals surface area contributed by atoms with Gasteiger partial charge in [0.2, 0.25) is 12.0 Å². The number of nitrogens with one attached hydrogen (secondary N) is 1. The summed E-state index contributed by atoms with van der Waals surface area (Å²) in [6.07, 6.45) is -0.945. The number of amides is 2. The Kier molecular flexibility index (Phi) is 8.41. The number of esters is 2. The summed E-state index contributed by atoms with van der Waals surface area (Å²) < 4.78 is 15.7. The maximum atomic E-state index is 13.1. The van der Waals surface area contributed by atoms with Crippen LogP contribution in [0.5, 0.6) is 0 Å². The van der Waals surface area contributed by atoms with Gasteiger partial charge in [0.1, 0.15) is 12.2 Å². The van der Waals surface area contributed by atoms with Gasteiger partial charge in [-0.25, -0.2) is 9.59 Å². The number of hydrogen-bond acceptors (Lipinski definition) is 7. The van der Waals surface area contributed by atoms with Gasteiger partial charge >= 0.3 is 18.0 Å². The Hall–Kier alpha value is -3.10. The van der Waals surface area contributed by atoms with Gasteiger partial charge in [-0.15, -0.1) is 0 Å². The largest absolute Gasteiger partial charge is 0.457 e. The summed E-state index contributed by atoms with van der Waals surface area (Å²) >= 11 is 0. The molecule has 1 aliphatic heterocycles. The van der Waals surface area contributed by atoms with E-state index in [1.165, 1.54) is 4.90 Å². The molecule has 1 aromatic carbocycles. The number of hydrogen-bond donors (Lipinski definition) is 1. The second kappa shape index (κ2) is 10.8. The third kappa shape index (κ3) is 7.92. The average molecular weight is 434 g/mol. The molecule has 1 aromatic rings. The SMILES string of the molecule is CC(=O)O[C@@H](C(=O)OC(C)(C)C)[C@@H](NC(=O)OCc1ccccc1)C(=O)N1CCCC1. The Labute approximate surface area is 182 Å². The highest BCUT2D eigenvalue weighted by Crippen LogP contribution is 2.17. The van der Waals surface area contributed by atoms with Crippen LogP contribution in [0.25, 0.3) is 0 Å². The van der Waals surface area contributed by atoms with Crippen LogP contribution in [0.15, 0.2) is 30.3 Å². The maximum absolute atomic E-state index is 13.1. The fourth-order valence-electron chi connectivity index (χ4n) is 3.08. The molecule has 0 aromatic heterocycles. The van der Waals surface area contributed by atoms with Crippen LogP contribution in [0.2, 0.25) is 0 Å². The Morgan fingerprint density at radius 2 is 1.68 bits per heavy atom. The normalized spacial score (nSPS) is 15.5. The fourth-order valence-corrected chi connectivity index (χ4v) is 3.08. The highest BCUT2D eigenvalue weighted by atomic mass is 16.6. The first-order valence-corrected chi connectivity index (χ1v) is 10.2. The number of carbonyl (C=O) groups is 4. The molecule has 9 heteroatoms. The van der Waals surface area contributed by atoms with Crippen LogP contribution in [0.3, 0.4) is 0 Å². The molecular weight excluding hydrogens is 404 g/mol. The highest BCUT2D eigenvalue weighted by Gasteiger charge is 2.43. The first-order chi connectivity index (χ1) is 14.6. The third-order valence-electron chi connectivity index (χ3n) is 4.40. The van der Waals surface area contributed by atoms with Gasteiger partial charge in [0, 0.05) is 20.0 Å². The predicted molar refractivity (Wildman–Crippen MR) is 111 cm³/mol. The minimum absolute atomic E-state index is 0.0258. The number of likely N-dealkylation sites (tertiary alicyclic amines) is 1. The van der Waals surface area contributed by atoms with Crippen LogP contribution in [-0.2, 0) is 35.2 Å². The summed E-state index contributed by atoms with van der Waals surface area (Å²) in [5, 5.41) is 2.41. The van der Waals surface area contributed by atoms with E-state index in [1.54, 1.807) is 45.0 Å². The molecule has 1 heterocycles. The van der Waals surface area contributed by atoms with Crippen molar-refractivity contribution in [3.63, 3.8) is 0 Å². The molecule has 0 unspecified atom stereocenters. The van der Waals surface area contributed by atoms with E-state index >= 15 is 0 Å². The average Bonchev–Trinajstić information content (AvgIpc) is 3.22. The van der Waals surface area contributed by atoms with Gasteiger partial charge in [-0.1, -0.05) is 30.3 Å². The van der Waals surface area contributed by atoms with E-state index in [4.69, 9.17) is 14.2 Å². The molecule has 1 N–H and O–H groups in total. The van der Waals surface area contributed by atoms with Gasteiger partial charge in [0.25, 0.3) is 0 Å². The quantitative estimate of drug-likeness (QED) is 0.517. The smallest absolute Gasteiger partial charge is 0.408 e. The molecule has 31 heavy (non-hydrogen) atoms. The number of nitrogens with zero attached hydrogens (tertiary/aromatic N) is 1. The zero-order chi connectivity index (χ0) is 23.0. The Morgan fingerprint density at radius 1 is 1.06 bits per heavy atom. The van der Waals surface area contributed by atoms with Gasteiger partial charge in [0.15, 0.2) is 6.04 Å². The molecule has 0 aliphatic carbocycles. The Bertz CT molecular complexity index is 783. The zero-order valence-corrected chi connectivity index (χ0v) is 18.4. The molecule has 0 spiro atoms. The molecule has 2 amide bonds. The summed E-state index contributed by atoms with van der Waals surface area (Å²) in [5.74, 6) is -2.25. The summed E-state index contributed by atoms with van der Waals surface area (Å²) in [5.41, 5.74) is -0.131. The molecule has 0 saturated carbocycles. The molecule has 2 rings (SSSR count). The van der Waals surface area contributed by atoms with Crippen LogP contribution in [0.1, 0.15) is 46.1 Å². The highest BCUT2D eigenvalue weighted by molar-refractivity contribution is 5.93. The van der Waals surface area contributed by atoms with Crippen molar-refractivity contribution in [2.45, 2.75) is 64.9 Å². The van der Waals surface area contributed by atoms with E-state index in [2.05, 4.69) is 5.32 Å². The minimum Gasteiger partial charge on any atom is -0.457 e. The van der Waals surface area contributed by atoms with Gasteiger partial charge < -0.3 is 24.4 Å². The van der Waals surface area contributed by atoms with Crippen molar-refractivity contribution in [1.82, 2.24) is 10.2 Å². The van der Waals surface area contributed by atoms with E-state index in [-0.39, 0.29) is 6.61 Å². The van der Waals surface area contributed by atoms with Gasteiger partial charge in [0.05, 0.1) is 0 Å². The maximum Gasteiger partial charge on any atom is 0.408 e. The van der Waals surface area contributed by atoms with Crippen molar-refractivity contribution in [2.75, 3.05) is 13.1 Å². The molecule has 1 fully saturated rings. The Balaban J connectivity index is 2.21. The molecule has 0 bridgehead atoms. The summed E-state index contributed by atoms with van der Waals surface area (Å²) in [7, 11) is 0. The first-order valence-electron chi connectivity index (χ1n) is 10.2. The van der Waals surface area contributed by atoms with Crippen molar-refractivity contribution in [1.29, 1.82) is 0 Å². The number of benzene rings is 1. The molecular formula is C22H30N2O7. The number of alkyl carbamates (subject to hydrolysis) is 1. The number of carbonyl (C=O) groups excluding carboxylic acids is 4. The van der Waals surface area contributed by atoms with E-state index in [0.717, 1.165) is 25.3 Å². The molecule has 1 saturated heterocycles. The van der Waals surface area contributed by atoms with Gasteiger partial charge in [-0.2, -0.15) is 0 Å². The van der Waals surface area contributed by atoms with Gasteiger partial charge in [-0.3, -0.25) is 9.59 Å². The summed E-state index contributed by atoms with van der Waals surface area (Å²) in [4.78, 5) is 51.5. The van der Waals surface area contributed by atoms with Crippen molar-refractivity contribution in [2.24, 2.45) is 0 Å². The van der Waals surface area contributed by atoms with Crippen LogP contribution in [0, 0.1) is 0 Å². The second-order valence-corrected chi connectivity index (χ2v) is 8.28. The lowest BCUT2D eigenvalue weighted by molar-refractivity contribution is -0.178. The van der Waals surface area contributed by atoms with E-state index < -0.39 is 41.7 Å². The molecule has 0 radical (unpaired) electrons.